The lowest BCUT2D eigenvalue weighted by molar-refractivity contribution is -0.385. The zero-order valence-corrected chi connectivity index (χ0v) is 32.5. The van der Waals surface area contributed by atoms with E-state index in [0.29, 0.717) is 85.2 Å². The van der Waals surface area contributed by atoms with Crippen LogP contribution in [0, 0.1) is 10.1 Å². The van der Waals surface area contributed by atoms with Gasteiger partial charge < -0.3 is 18.9 Å². The van der Waals surface area contributed by atoms with Gasteiger partial charge in [0.1, 0.15) is 42.5 Å². The molecule has 0 aliphatic heterocycles. The highest BCUT2D eigenvalue weighted by molar-refractivity contribution is 5.77. The summed E-state index contributed by atoms with van der Waals surface area (Å²) in [5, 5.41) is 12.6. The summed E-state index contributed by atoms with van der Waals surface area (Å²) in [4.78, 5) is 24.8. The number of nitrogens with zero attached hydrogens (tertiary/aromatic N) is 1. The molecule has 290 valence electrons. The minimum atomic E-state index is -0.337. The van der Waals surface area contributed by atoms with Crippen LogP contribution in [0.25, 0.3) is 0 Å². The van der Waals surface area contributed by atoms with Crippen LogP contribution in [-0.4, -0.2) is 24.4 Å². The average molecular weight is 762 g/mol. The number of nitro groups is 1. The van der Waals surface area contributed by atoms with Crippen LogP contribution in [0.15, 0.2) is 121 Å². The number of hydrogen-bond donors (Lipinski definition) is 0. The number of carbonyl (C=O) groups excluding carboxylic acids is 1. The van der Waals surface area contributed by atoms with E-state index in [1.165, 1.54) is 0 Å². The summed E-state index contributed by atoms with van der Waals surface area (Å²) < 4.78 is 26.6. The molecule has 0 saturated heterocycles. The molecule has 57 heavy (non-hydrogen) atoms. The Hall–Kier alpha value is -6.41. The van der Waals surface area contributed by atoms with Crippen LogP contribution in [-0.2, 0) is 38.9 Å². The van der Waals surface area contributed by atoms with Gasteiger partial charge >= 0.3 is 0 Å². The fourth-order valence-electron chi connectivity index (χ4n) is 7.48. The minimum absolute atomic E-state index is 0.0101. The van der Waals surface area contributed by atoms with E-state index in [1.54, 1.807) is 12.1 Å². The minimum Gasteiger partial charge on any atom is -0.493 e. The van der Waals surface area contributed by atoms with Gasteiger partial charge in [-0.1, -0.05) is 111 Å². The molecule has 8 nitrogen and oxygen atoms in total. The number of ether oxygens (including phenoxy) is 4. The topological polar surface area (TPSA) is 97.1 Å². The van der Waals surface area contributed by atoms with Gasteiger partial charge in [0.05, 0.1) is 18.1 Å². The largest absolute Gasteiger partial charge is 0.493 e. The van der Waals surface area contributed by atoms with Crippen LogP contribution >= 0.6 is 0 Å². The Morgan fingerprint density at radius 3 is 1.23 bits per heavy atom. The van der Waals surface area contributed by atoms with Gasteiger partial charge in [-0.3, -0.25) is 14.9 Å². The highest BCUT2D eigenvalue weighted by Crippen LogP contribution is 2.41. The number of carbonyl (C=O) groups is 1. The van der Waals surface area contributed by atoms with Crippen molar-refractivity contribution >= 4 is 12.0 Å². The molecular weight excluding hydrogens is 715 g/mol. The van der Waals surface area contributed by atoms with Crippen LogP contribution in [0.5, 0.6) is 23.0 Å². The summed E-state index contributed by atoms with van der Waals surface area (Å²) in [6.45, 7) is 5.72. The van der Waals surface area contributed by atoms with Crippen LogP contribution in [0.3, 0.4) is 0 Å². The number of aldehydes is 1. The van der Waals surface area contributed by atoms with E-state index in [-0.39, 0.29) is 17.2 Å². The predicted octanol–water partition coefficient (Wildman–Crippen LogP) is 10.8. The predicted molar refractivity (Wildman–Crippen MR) is 222 cm³/mol. The average Bonchev–Trinajstić information content (AvgIpc) is 3.22. The van der Waals surface area contributed by atoms with Gasteiger partial charge in [0.25, 0.3) is 5.69 Å². The van der Waals surface area contributed by atoms with E-state index < -0.39 is 0 Å². The summed E-state index contributed by atoms with van der Waals surface area (Å²) in [6, 6.07) is 39.1. The highest BCUT2D eigenvalue weighted by atomic mass is 16.6. The second-order valence-electron chi connectivity index (χ2n) is 14.4. The number of para-hydroxylation sites is 2. The van der Waals surface area contributed by atoms with Crippen LogP contribution in [0.2, 0.25) is 0 Å². The maximum atomic E-state index is 12.6. The van der Waals surface area contributed by atoms with Crippen LogP contribution < -0.4 is 18.9 Å². The first-order valence-corrected chi connectivity index (χ1v) is 19.7. The Kier molecular flexibility index (Phi) is 12.6. The fraction of sp³-hybridized carbons (Fsp3) is 0.245. The van der Waals surface area contributed by atoms with Gasteiger partial charge in [0.15, 0.2) is 0 Å². The third-order valence-electron chi connectivity index (χ3n) is 10.1. The number of non-ortho nitro benzene ring substituents is 1. The summed E-state index contributed by atoms with van der Waals surface area (Å²) in [5.41, 5.74) is 9.21. The second-order valence-corrected chi connectivity index (χ2v) is 14.4. The first-order chi connectivity index (χ1) is 27.9. The molecule has 1 aliphatic carbocycles. The van der Waals surface area contributed by atoms with E-state index in [2.05, 4.69) is 13.8 Å². The molecular formula is C49H47NO7. The lowest BCUT2D eigenvalue weighted by Gasteiger charge is -2.23. The zero-order chi connectivity index (χ0) is 39.6. The number of hydrogen-bond acceptors (Lipinski definition) is 7. The molecule has 0 radical (unpaired) electrons. The Morgan fingerprint density at radius 2 is 0.877 bits per heavy atom. The SMILES string of the molecule is CCCOc1c2cccc1Cc1cc([N+](=O)[O-])cc(c1OCc1ccccc1)Cc1cccc(c1OCCC)Cc1cc(C=O)cc(c1OCc1ccccc1)C2. The summed E-state index contributed by atoms with van der Waals surface area (Å²) in [7, 11) is 0. The van der Waals surface area contributed by atoms with Crippen molar-refractivity contribution < 1.29 is 28.7 Å². The Balaban J connectivity index is 1.47. The van der Waals surface area contributed by atoms with Crippen molar-refractivity contribution in [3.63, 3.8) is 0 Å². The monoisotopic (exact) mass is 761 g/mol. The summed E-state index contributed by atoms with van der Waals surface area (Å²) >= 11 is 0. The molecule has 0 aromatic heterocycles. The van der Waals surface area contributed by atoms with Crippen molar-refractivity contribution in [2.24, 2.45) is 0 Å². The van der Waals surface area contributed by atoms with Crippen molar-refractivity contribution in [3.05, 3.63) is 193 Å². The van der Waals surface area contributed by atoms with Crippen LogP contribution in [0.4, 0.5) is 5.69 Å². The first kappa shape index (κ1) is 38.8. The summed E-state index contributed by atoms with van der Waals surface area (Å²) in [6.07, 6.45) is 3.94. The van der Waals surface area contributed by atoms with Gasteiger partial charge in [-0.05, 0) is 69.5 Å². The fourth-order valence-corrected chi connectivity index (χ4v) is 7.48. The lowest BCUT2D eigenvalue weighted by atomic mass is 9.90. The van der Waals surface area contributed by atoms with E-state index in [9.17, 15) is 14.9 Å². The maximum Gasteiger partial charge on any atom is 0.270 e. The van der Waals surface area contributed by atoms with Gasteiger partial charge in [-0.15, -0.1) is 0 Å². The Bertz CT molecular complexity index is 2230. The normalized spacial score (nSPS) is 12.0. The standard InChI is InChI=1S/C49H47NO7/c1-3-21-54-46-37-17-11-19-39(46)27-43-29-45(50(52)53)30-44(49(43)57-33-35-15-9-6-10-16-35)28-40-20-12-18-38(47(40)55-22-4-2)26-42-24-36(31-51)23-41(25-37)48(42)56-32-34-13-7-5-8-14-34/h5-20,23-24,29-31H,3-4,21-22,25-28,32-33H2,1-2H3. The lowest BCUT2D eigenvalue weighted by Crippen LogP contribution is -2.10. The molecule has 0 saturated carbocycles. The third kappa shape index (κ3) is 9.35. The van der Waals surface area contributed by atoms with Crippen molar-refractivity contribution in [2.45, 2.75) is 65.6 Å². The molecule has 0 fully saturated rings. The second kappa shape index (κ2) is 18.5. The van der Waals surface area contributed by atoms with Gasteiger partial charge in [0.2, 0.25) is 0 Å². The molecule has 0 N–H and O–H groups in total. The molecule has 8 heteroatoms. The first-order valence-electron chi connectivity index (χ1n) is 19.7. The van der Waals surface area contributed by atoms with Gasteiger partial charge in [-0.25, -0.2) is 0 Å². The molecule has 0 amide bonds. The summed E-state index contributed by atoms with van der Waals surface area (Å²) in [5.74, 6) is 2.74. The number of benzene rings is 6. The smallest absolute Gasteiger partial charge is 0.270 e. The molecule has 6 aromatic carbocycles. The quantitative estimate of drug-likeness (QED) is 0.0618. The molecule has 8 bridgehead atoms. The van der Waals surface area contributed by atoms with Crippen LogP contribution in [0.1, 0.15) is 92.7 Å². The zero-order valence-electron chi connectivity index (χ0n) is 32.5. The molecule has 0 atom stereocenters. The molecule has 0 spiro atoms. The molecule has 7 rings (SSSR count). The molecule has 1 aliphatic rings. The van der Waals surface area contributed by atoms with Crippen molar-refractivity contribution in [2.75, 3.05) is 13.2 Å². The van der Waals surface area contributed by atoms with E-state index >= 15 is 0 Å². The van der Waals surface area contributed by atoms with E-state index in [1.807, 2.05) is 109 Å². The molecule has 0 unspecified atom stereocenters. The highest BCUT2D eigenvalue weighted by Gasteiger charge is 2.25. The Labute approximate surface area is 334 Å². The van der Waals surface area contributed by atoms with Crippen molar-refractivity contribution in [3.8, 4) is 23.0 Å². The molecule has 0 heterocycles. The number of nitro benzene ring substituents is 1. The van der Waals surface area contributed by atoms with Gasteiger partial charge in [-0.2, -0.15) is 0 Å². The van der Waals surface area contributed by atoms with Gasteiger partial charge in [0, 0.05) is 54.5 Å². The maximum absolute atomic E-state index is 12.6. The molecule has 6 aromatic rings. The van der Waals surface area contributed by atoms with Crippen molar-refractivity contribution in [1.29, 1.82) is 0 Å². The van der Waals surface area contributed by atoms with E-state index in [4.69, 9.17) is 18.9 Å². The van der Waals surface area contributed by atoms with Crippen molar-refractivity contribution in [1.82, 2.24) is 0 Å². The number of fused-ring (bicyclic) bond motifs is 8. The number of rotatable bonds is 14. The third-order valence-corrected chi connectivity index (χ3v) is 10.1. The van der Waals surface area contributed by atoms with E-state index in [0.717, 1.165) is 63.6 Å². The Morgan fingerprint density at radius 1 is 0.509 bits per heavy atom.